The minimum Gasteiger partial charge on any atom is -0.508 e. The summed E-state index contributed by atoms with van der Waals surface area (Å²) in [5.74, 6) is -0.535. The number of aromatic hydroxyl groups is 1. The topological polar surface area (TPSA) is 121 Å². The van der Waals surface area contributed by atoms with Crippen LogP contribution in [-0.2, 0) is 11.2 Å². The molecule has 0 atom stereocenters. The molecular formula is C26H25N3O6. The summed E-state index contributed by atoms with van der Waals surface area (Å²) >= 11 is 0. The smallest absolute Gasteiger partial charge is 0.339 e. The third-order valence-corrected chi connectivity index (χ3v) is 5.92. The van der Waals surface area contributed by atoms with Crippen LogP contribution in [0, 0.1) is 6.92 Å². The maximum absolute atomic E-state index is 13.4. The van der Waals surface area contributed by atoms with Crippen molar-refractivity contribution in [1.82, 2.24) is 5.43 Å². The first kappa shape index (κ1) is 23.7. The van der Waals surface area contributed by atoms with Crippen LogP contribution >= 0.6 is 0 Å². The first-order valence-corrected chi connectivity index (χ1v) is 11.1. The highest BCUT2D eigenvalue weighted by Crippen LogP contribution is 2.32. The van der Waals surface area contributed by atoms with Crippen molar-refractivity contribution in [3.05, 3.63) is 82.3 Å². The number of phenolic OH excluding ortho intramolecular Hbond substituents is 1. The van der Waals surface area contributed by atoms with Crippen LogP contribution in [0.4, 0.5) is 5.69 Å². The van der Waals surface area contributed by atoms with Gasteiger partial charge in [0.15, 0.2) is 5.76 Å². The lowest BCUT2D eigenvalue weighted by Gasteiger charge is -2.19. The summed E-state index contributed by atoms with van der Waals surface area (Å²) < 4.78 is 10.8. The van der Waals surface area contributed by atoms with E-state index in [1.807, 2.05) is 0 Å². The molecule has 2 amide bonds. The van der Waals surface area contributed by atoms with E-state index in [1.165, 1.54) is 36.3 Å². The van der Waals surface area contributed by atoms with Gasteiger partial charge in [0.1, 0.15) is 11.5 Å². The Balaban J connectivity index is 1.62. The van der Waals surface area contributed by atoms with Gasteiger partial charge in [-0.1, -0.05) is 12.1 Å². The normalized spacial score (nSPS) is 13.7. The number of carbonyl (C=O) groups excluding carboxylic acids is 3. The molecule has 9 nitrogen and oxygen atoms in total. The highest BCUT2D eigenvalue weighted by atomic mass is 16.5. The number of hydrogen-bond acceptors (Lipinski definition) is 7. The Kier molecular flexibility index (Phi) is 6.68. The quantitative estimate of drug-likeness (QED) is 0.427. The van der Waals surface area contributed by atoms with E-state index in [4.69, 9.17) is 9.15 Å². The monoisotopic (exact) mass is 475 g/mol. The molecule has 0 aliphatic heterocycles. The van der Waals surface area contributed by atoms with E-state index in [-0.39, 0.29) is 17.1 Å². The van der Waals surface area contributed by atoms with Gasteiger partial charge in [-0.15, -0.1) is 0 Å². The van der Waals surface area contributed by atoms with Gasteiger partial charge in [-0.25, -0.2) is 10.2 Å². The molecule has 1 heterocycles. The van der Waals surface area contributed by atoms with E-state index in [2.05, 4.69) is 10.5 Å². The SMILES string of the molecule is COC(=O)c1ccccc1N(C)C(=O)c1oc2c(c1C)/C(=N/NC(=O)c1ccc(O)cc1)CCC2. The number of furan rings is 1. The van der Waals surface area contributed by atoms with Crippen molar-refractivity contribution in [2.75, 3.05) is 19.1 Å². The number of phenols is 1. The van der Waals surface area contributed by atoms with Crippen molar-refractivity contribution >= 4 is 29.2 Å². The van der Waals surface area contributed by atoms with Gasteiger partial charge in [0.2, 0.25) is 0 Å². The summed E-state index contributed by atoms with van der Waals surface area (Å²) in [6, 6.07) is 12.5. The number of rotatable bonds is 5. The Morgan fingerprint density at radius 1 is 1.09 bits per heavy atom. The van der Waals surface area contributed by atoms with Gasteiger partial charge in [0.25, 0.3) is 11.8 Å². The fourth-order valence-corrected chi connectivity index (χ4v) is 4.09. The minimum absolute atomic E-state index is 0.0650. The van der Waals surface area contributed by atoms with E-state index >= 15 is 0 Å². The largest absolute Gasteiger partial charge is 0.508 e. The average molecular weight is 476 g/mol. The van der Waals surface area contributed by atoms with Crippen LogP contribution in [0.1, 0.15) is 61.0 Å². The molecule has 180 valence electrons. The second-order valence-electron chi connectivity index (χ2n) is 8.13. The lowest BCUT2D eigenvalue weighted by molar-refractivity contribution is 0.0601. The zero-order valence-corrected chi connectivity index (χ0v) is 19.6. The van der Waals surface area contributed by atoms with Gasteiger partial charge in [-0.3, -0.25) is 9.59 Å². The molecule has 0 radical (unpaired) electrons. The van der Waals surface area contributed by atoms with Crippen molar-refractivity contribution in [3.63, 3.8) is 0 Å². The molecule has 35 heavy (non-hydrogen) atoms. The highest BCUT2D eigenvalue weighted by molar-refractivity contribution is 6.12. The highest BCUT2D eigenvalue weighted by Gasteiger charge is 2.30. The van der Waals surface area contributed by atoms with Crippen molar-refractivity contribution in [1.29, 1.82) is 0 Å². The summed E-state index contributed by atoms with van der Waals surface area (Å²) in [6.07, 6.45) is 2.00. The van der Waals surface area contributed by atoms with Crippen molar-refractivity contribution in [3.8, 4) is 5.75 Å². The molecule has 0 unspecified atom stereocenters. The summed E-state index contributed by atoms with van der Waals surface area (Å²) in [5.41, 5.74) is 5.51. The maximum Gasteiger partial charge on any atom is 0.339 e. The number of benzene rings is 2. The molecule has 2 N–H and O–H groups in total. The lowest BCUT2D eigenvalue weighted by Crippen LogP contribution is -2.28. The second kappa shape index (κ2) is 9.84. The van der Waals surface area contributed by atoms with Crippen molar-refractivity contribution in [2.45, 2.75) is 26.2 Å². The molecule has 1 aliphatic rings. The zero-order chi connectivity index (χ0) is 25.1. The number of nitrogens with zero attached hydrogens (tertiary/aromatic N) is 2. The molecule has 0 fully saturated rings. The van der Waals surface area contributed by atoms with E-state index in [0.717, 1.165) is 6.42 Å². The minimum atomic E-state index is -0.547. The Bertz CT molecular complexity index is 1320. The summed E-state index contributed by atoms with van der Waals surface area (Å²) in [7, 11) is 2.85. The molecule has 1 aliphatic carbocycles. The maximum atomic E-state index is 13.4. The summed E-state index contributed by atoms with van der Waals surface area (Å²) in [6.45, 7) is 1.78. The molecule has 0 saturated carbocycles. The molecule has 0 spiro atoms. The van der Waals surface area contributed by atoms with Crippen molar-refractivity contribution < 1.29 is 28.6 Å². The summed E-state index contributed by atoms with van der Waals surface area (Å²) in [4.78, 5) is 39.3. The van der Waals surface area contributed by atoms with Crippen LogP contribution in [0.3, 0.4) is 0 Å². The molecule has 9 heteroatoms. The van der Waals surface area contributed by atoms with E-state index < -0.39 is 17.8 Å². The number of fused-ring (bicyclic) bond motifs is 1. The molecule has 0 bridgehead atoms. The van der Waals surface area contributed by atoms with Gasteiger partial charge in [-0.05, 0) is 56.2 Å². The zero-order valence-electron chi connectivity index (χ0n) is 19.6. The molecule has 2 aromatic carbocycles. The standard InChI is InChI=1S/C26H25N3O6/c1-15-22-19(27-28-24(31)16-11-13-17(30)14-12-16)8-6-10-21(22)35-23(15)25(32)29(2)20-9-5-4-7-18(20)26(33)34-3/h4-5,7,9,11-14,30H,6,8,10H2,1-3H3,(H,28,31)/b27-19+. The van der Waals surface area contributed by atoms with E-state index in [9.17, 15) is 19.5 Å². The molecule has 3 aromatic rings. The Morgan fingerprint density at radius 2 is 1.80 bits per heavy atom. The lowest BCUT2D eigenvalue weighted by atomic mass is 9.93. The molecular weight excluding hydrogens is 450 g/mol. The summed E-state index contributed by atoms with van der Waals surface area (Å²) in [5, 5.41) is 13.7. The molecule has 4 rings (SSSR count). The van der Waals surface area contributed by atoms with Crippen LogP contribution < -0.4 is 10.3 Å². The number of carbonyl (C=O) groups is 3. The number of esters is 1. The van der Waals surface area contributed by atoms with Gasteiger partial charge in [0, 0.05) is 30.2 Å². The fourth-order valence-electron chi connectivity index (χ4n) is 4.09. The van der Waals surface area contributed by atoms with Gasteiger partial charge in [-0.2, -0.15) is 5.10 Å². The Morgan fingerprint density at radius 3 is 2.51 bits per heavy atom. The number of aryl methyl sites for hydroxylation is 1. The van der Waals surface area contributed by atoms with Gasteiger partial charge < -0.3 is 19.2 Å². The Labute approximate surface area is 202 Å². The predicted molar refractivity (Wildman–Crippen MR) is 129 cm³/mol. The first-order valence-electron chi connectivity index (χ1n) is 11.1. The van der Waals surface area contributed by atoms with Crippen LogP contribution in [0.2, 0.25) is 0 Å². The van der Waals surface area contributed by atoms with E-state index in [0.29, 0.717) is 46.7 Å². The number of methoxy groups -OCH3 is 1. The van der Waals surface area contributed by atoms with Crippen LogP contribution in [0.15, 0.2) is 58.0 Å². The number of amides is 2. The third-order valence-electron chi connectivity index (χ3n) is 5.92. The number of ether oxygens (including phenoxy) is 1. The van der Waals surface area contributed by atoms with Crippen LogP contribution in [-0.4, -0.2) is 42.8 Å². The van der Waals surface area contributed by atoms with Gasteiger partial charge >= 0.3 is 5.97 Å². The predicted octanol–water partition coefficient (Wildman–Crippen LogP) is 3.83. The number of anilines is 1. The fraction of sp³-hybridized carbons (Fsp3) is 0.231. The van der Waals surface area contributed by atoms with Gasteiger partial charge in [0.05, 0.1) is 24.1 Å². The number of para-hydroxylation sites is 1. The molecule has 1 aromatic heterocycles. The van der Waals surface area contributed by atoms with Crippen molar-refractivity contribution in [2.24, 2.45) is 5.10 Å². The first-order chi connectivity index (χ1) is 16.8. The second-order valence-corrected chi connectivity index (χ2v) is 8.13. The Hall–Kier alpha value is -4.40. The third kappa shape index (κ3) is 4.65. The van der Waals surface area contributed by atoms with E-state index in [1.54, 1.807) is 38.2 Å². The number of hydrazone groups is 1. The van der Waals surface area contributed by atoms with Crippen LogP contribution in [0.25, 0.3) is 0 Å². The average Bonchev–Trinajstić information content (AvgIpc) is 3.23. The van der Waals surface area contributed by atoms with Crippen LogP contribution in [0.5, 0.6) is 5.75 Å². The molecule has 0 saturated heterocycles. The number of hydrogen-bond donors (Lipinski definition) is 2. The number of nitrogens with one attached hydrogen (secondary N) is 1.